The highest BCUT2D eigenvalue weighted by atomic mass is 32.2. The Morgan fingerprint density at radius 2 is 1.78 bits per heavy atom. The lowest BCUT2D eigenvalue weighted by Gasteiger charge is -2.03. The van der Waals surface area contributed by atoms with E-state index in [4.69, 9.17) is 0 Å². The van der Waals surface area contributed by atoms with Gasteiger partial charge in [-0.2, -0.15) is 8.42 Å². The first-order valence-electron chi connectivity index (χ1n) is 5.32. The molecule has 0 aliphatic carbocycles. The van der Waals surface area contributed by atoms with Crippen LogP contribution in [-0.4, -0.2) is 27.1 Å². The third kappa shape index (κ3) is 3.15. The van der Waals surface area contributed by atoms with Gasteiger partial charge in [0.25, 0.3) is 10.1 Å². The van der Waals surface area contributed by atoms with Crippen LogP contribution in [0.25, 0.3) is 10.8 Å². The molecule has 0 aromatic heterocycles. The van der Waals surface area contributed by atoms with E-state index < -0.39 is 16.7 Å². The fourth-order valence-electron chi connectivity index (χ4n) is 1.61. The van der Waals surface area contributed by atoms with Gasteiger partial charge in [-0.15, -0.1) is 0 Å². The molecule has 0 saturated carbocycles. The van der Waals surface area contributed by atoms with Gasteiger partial charge in [-0.25, -0.2) is 0 Å². The van der Waals surface area contributed by atoms with Crippen molar-refractivity contribution in [2.45, 2.75) is 0 Å². The van der Waals surface area contributed by atoms with Crippen molar-refractivity contribution in [3.63, 3.8) is 0 Å². The SMILES string of the molecule is CS(=O)(=O)OCC(=O)c1ccc2ccccc2c1. The largest absolute Gasteiger partial charge is 0.291 e. The lowest BCUT2D eigenvalue weighted by Crippen LogP contribution is -2.13. The lowest BCUT2D eigenvalue weighted by atomic mass is 10.0. The van der Waals surface area contributed by atoms with Crippen LogP contribution in [0, 0.1) is 0 Å². The number of carbonyl (C=O) groups excluding carboxylic acids is 1. The average Bonchev–Trinajstić information content (AvgIpc) is 2.34. The van der Waals surface area contributed by atoms with E-state index in [-0.39, 0.29) is 5.78 Å². The summed E-state index contributed by atoms with van der Waals surface area (Å²) in [6.45, 7) is -0.461. The van der Waals surface area contributed by atoms with Crippen LogP contribution in [0.15, 0.2) is 42.5 Å². The smallest absolute Gasteiger partial charge is 0.264 e. The molecule has 0 bridgehead atoms. The summed E-state index contributed by atoms with van der Waals surface area (Å²) in [5.74, 6) is -0.355. The molecule has 0 saturated heterocycles. The van der Waals surface area contributed by atoms with Crippen LogP contribution in [-0.2, 0) is 14.3 Å². The molecule has 2 rings (SSSR count). The number of rotatable bonds is 4. The molecule has 4 nitrogen and oxygen atoms in total. The second-order valence-corrected chi connectivity index (χ2v) is 5.60. The maximum absolute atomic E-state index is 11.7. The summed E-state index contributed by atoms with van der Waals surface area (Å²) in [7, 11) is -3.59. The number of benzene rings is 2. The van der Waals surface area contributed by atoms with Crippen LogP contribution in [0.2, 0.25) is 0 Å². The van der Waals surface area contributed by atoms with Crippen molar-refractivity contribution in [1.82, 2.24) is 0 Å². The minimum absolute atomic E-state index is 0.355. The van der Waals surface area contributed by atoms with E-state index in [1.54, 1.807) is 12.1 Å². The summed E-state index contributed by atoms with van der Waals surface area (Å²) in [5, 5.41) is 1.96. The molecule has 18 heavy (non-hydrogen) atoms. The monoisotopic (exact) mass is 264 g/mol. The highest BCUT2D eigenvalue weighted by Gasteiger charge is 2.10. The Hall–Kier alpha value is -1.72. The van der Waals surface area contributed by atoms with Gasteiger partial charge in [0.15, 0.2) is 5.78 Å². The average molecular weight is 264 g/mol. The topological polar surface area (TPSA) is 60.4 Å². The zero-order chi connectivity index (χ0) is 13.2. The first-order chi connectivity index (χ1) is 8.46. The van der Waals surface area contributed by atoms with Crippen molar-refractivity contribution in [3.8, 4) is 0 Å². The lowest BCUT2D eigenvalue weighted by molar-refractivity contribution is 0.0925. The summed E-state index contributed by atoms with van der Waals surface area (Å²) in [5.41, 5.74) is 0.442. The molecule has 0 spiro atoms. The Morgan fingerprint density at radius 1 is 1.11 bits per heavy atom. The summed E-state index contributed by atoms with van der Waals surface area (Å²) in [4.78, 5) is 11.7. The highest BCUT2D eigenvalue weighted by molar-refractivity contribution is 7.86. The molecule has 0 radical (unpaired) electrons. The molecule has 2 aromatic carbocycles. The van der Waals surface area contributed by atoms with E-state index in [0.717, 1.165) is 17.0 Å². The molecular formula is C13H12O4S. The fraction of sp³-hybridized carbons (Fsp3) is 0.154. The van der Waals surface area contributed by atoms with Gasteiger partial charge in [0.1, 0.15) is 6.61 Å². The quantitative estimate of drug-likeness (QED) is 0.626. The highest BCUT2D eigenvalue weighted by Crippen LogP contribution is 2.16. The van der Waals surface area contributed by atoms with Gasteiger partial charge in [-0.3, -0.25) is 8.98 Å². The van der Waals surface area contributed by atoms with E-state index in [1.165, 1.54) is 0 Å². The van der Waals surface area contributed by atoms with Crippen LogP contribution in [0.5, 0.6) is 0 Å². The Morgan fingerprint density at radius 3 is 2.44 bits per heavy atom. The number of carbonyl (C=O) groups is 1. The molecule has 94 valence electrons. The van der Waals surface area contributed by atoms with Gasteiger partial charge in [0.2, 0.25) is 0 Å². The normalized spacial score (nSPS) is 11.6. The molecule has 0 N–H and O–H groups in total. The number of fused-ring (bicyclic) bond motifs is 1. The van der Waals surface area contributed by atoms with Gasteiger partial charge in [0.05, 0.1) is 6.26 Å². The number of ketones is 1. The van der Waals surface area contributed by atoms with Crippen LogP contribution in [0.1, 0.15) is 10.4 Å². The van der Waals surface area contributed by atoms with Gasteiger partial charge >= 0.3 is 0 Å². The van der Waals surface area contributed by atoms with Crippen molar-refractivity contribution in [2.75, 3.05) is 12.9 Å². The van der Waals surface area contributed by atoms with Crippen molar-refractivity contribution >= 4 is 26.7 Å². The molecule has 0 atom stereocenters. The minimum atomic E-state index is -3.59. The first-order valence-corrected chi connectivity index (χ1v) is 7.14. The summed E-state index contributed by atoms with van der Waals surface area (Å²) in [6.07, 6.45) is 0.917. The van der Waals surface area contributed by atoms with E-state index in [1.807, 2.05) is 30.3 Å². The van der Waals surface area contributed by atoms with Gasteiger partial charge in [-0.1, -0.05) is 36.4 Å². The molecule has 0 aliphatic rings. The summed E-state index contributed by atoms with van der Waals surface area (Å²) < 4.78 is 26.1. The molecule has 2 aromatic rings. The maximum Gasteiger partial charge on any atom is 0.264 e. The van der Waals surface area contributed by atoms with Crippen molar-refractivity contribution < 1.29 is 17.4 Å². The van der Waals surface area contributed by atoms with E-state index in [2.05, 4.69) is 4.18 Å². The van der Waals surface area contributed by atoms with Gasteiger partial charge < -0.3 is 0 Å². The predicted octanol–water partition coefficient (Wildman–Crippen LogP) is 2.00. The number of hydrogen-bond donors (Lipinski definition) is 0. The van der Waals surface area contributed by atoms with Crippen LogP contribution in [0.4, 0.5) is 0 Å². The Balaban J connectivity index is 2.23. The zero-order valence-electron chi connectivity index (χ0n) is 9.79. The first kappa shape index (κ1) is 12.7. The molecule has 0 heterocycles. The molecule has 5 heteroatoms. The molecular weight excluding hydrogens is 252 g/mol. The maximum atomic E-state index is 11.7. The molecule has 0 aliphatic heterocycles. The predicted molar refractivity (Wildman–Crippen MR) is 69.1 cm³/mol. The van der Waals surface area contributed by atoms with Crippen LogP contribution < -0.4 is 0 Å². The number of Topliss-reactive ketones (excluding diaryl/α,β-unsaturated/α-hetero) is 1. The van der Waals surface area contributed by atoms with Crippen LogP contribution in [0.3, 0.4) is 0 Å². The van der Waals surface area contributed by atoms with E-state index >= 15 is 0 Å². The molecule has 0 fully saturated rings. The molecule has 0 amide bonds. The standard InChI is InChI=1S/C13H12O4S/c1-18(15,16)17-9-13(14)12-7-6-10-4-2-3-5-11(10)8-12/h2-8H,9H2,1H3. The Bertz CT molecular complexity index is 689. The minimum Gasteiger partial charge on any atom is -0.291 e. The van der Waals surface area contributed by atoms with Crippen LogP contribution >= 0.6 is 0 Å². The van der Waals surface area contributed by atoms with Gasteiger partial charge in [-0.05, 0) is 16.8 Å². The fourth-order valence-corrected chi connectivity index (χ4v) is 1.93. The second-order valence-electron chi connectivity index (χ2n) is 3.95. The summed E-state index contributed by atoms with van der Waals surface area (Å²) >= 11 is 0. The van der Waals surface area contributed by atoms with Crippen molar-refractivity contribution in [2.24, 2.45) is 0 Å². The van der Waals surface area contributed by atoms with Crippen molar-refractivity contribution in [3.05, 3.63) is 48.0 Å². The zero-order valence-corrected chi connectivity index (χ0v) is 10.6. The van der Waals surface area contributed by atoms with Gasteiger partial charge in [0, 0.05) is 5.56 Å². The van der Waals surface area contributed by atoms with E-state index in [9.17, 15) is 13.2 Å². The third-order valence-electron chi connectivity index (χ3n) is 2.48. The third-order valence-corrected chi connectivity index (χ3v) is 3.02. The molecule has 0 unspecified atom stereocenters. The van der Waals surface area contributed by atoms with E-state index in [0.29, 0.717) is 5.56 Å². The Kier molecular flexibility index (Phi) is 3.45. The number of hydrogen-bond acceptors (Lipinski definition) is 4. The summed E-state index contributed by atoms with van der Waals surface area (Å²) in [6, 6.07) is 12.8. The Labute approximate surface area is 105 Å². The van der Waals surface area contributed by atoms with Crippen molar-refractivity contribution in [1.29, 1.82) is 0 Å². The second kappa shape index (κ2) is 4.88.